The van der Waals surface area contributed by atoms with Crippen molar-refractivity contribution in [3.05, 3.63) is 29.6 Å². The van der Waals surface area contributed by atoms with Crippen LogP contribution in [0.15, 0.2) is 23.1 Å². The predicted molar refractivity (Wildman–Crippen MR) is 131 cm³/mol. The Hall–Kier alpha value is -2.05. The first kappa shape index (κ1) is 31.2. The summed E-state index contributed by atoms with van der Waals surface area (Å²) in [7, 11) is -4.64. The summed E-state index contributed by atoms with van der Waals surface area (Å²) in [6, 6.07) is 0.404. The van der Waals surface area contributed by atoms with E-state index in [1.54, 1.807) is 0 Å². The van der Waals surface area contributed by atoms with Gasteiger partial charge in [-0.05, 0) is 49.3 Å². The predicted octanol–water partition coefficient (Wildman–Crippen LogP) is 4.60. The van der Waals surface area contributed by atoms with E-state index in [1.165, 1.54) is 6.42 Å². The summed E-state index contributed by atoms with van der Waals surface area (Å²) in [6.07, 6.45) is 1.57. The lowest BCUT2D eigenvalue weighted by Crippen LogP contribution is -2.48. The summed E-state index contributed by atoms with van der Waals surface area (Å²) >= 11 is 0. The molecule has 3 N–H and O–H groups in total. The Bertz CT molecular complexity index is 1030. The zero-order valence-corrected chi connectivity index (χ0v) is 22.1. The molecule has 37 heavy (non-hydrogen) atoms. The molecule has 0 bridgehead atoms. The van der Waals surface area contributed by atoms with Crippen LogP contribution in [0.1, 0.15) is 77.2 Å². The number of nitrogens with two attached hydrogens (primary N) is 1. The molecule has 210 valence electrons. The van der Waals surface area contributed by atoms with E-state index in [2.05, 4.69) is 4.72 Å². The molecular weight excluding hydrogens is 514 g/mol. The van der Waals surface area contributed by atoms with Gasteiger partial charge in [0.25, 0.3) is 0 Å². The Morgan fingerprint density at radius 3 is 2.41 bits per heavy atom. The molecule has 0 aliphatic heterocycles. The number of carbonyl (C=O) groups is 2. The average Bonchev–Trinajstić information content (AvgIpc) is 2.81. The van der Waals surface area contributed by atoms with Crippen LogP contribution in [0.2, 0.25) is 0 Å². The molecule has 1 aromatic rings. The molecule has 0 saturated heterocycles. The van der Waals surface area contributed by atoms with Crippen LogP contribution in [0.25, 0.3) is 0 Å². The molecule has 0 radical (unpaired) electrons. The Kier molecular flexibility index (Phi) is 11.5. The summed E-state index contributed by atoms with van der Waals surface area (Å²) < 4.78 is 80.2. The van der Waals surface area contributed by atoms with E-state index in [4.69, 9.17) is 5.73 Å². The number of nitrogens with zero attached hydrogens (tertiary/aromatic N) is 1. The van der Waals surface area contributed by atoms with Gasteiger partial charge in [0.05, 0.1) is 16.5 Å². The van der Waals surface area contributed by atoms with Gasteiger partial charge in [0.1, 0.15) is 5.82 Å². The lowest BCUT2D eigenvalue weighted by molar-refractivity contribution is -0.146. The van der Waals surface area contributed by atoms with Gasteiger partial charge in [-0.25, -0.2) is 17.5 Å². The molecule has 1 aliphatic rings. The first-order valence-electron chi connectivity index (χ1n) is 12.7. The number of imide groups is 1. The zero-order chi connectivity index (χ0) is 27.8. The highest BCUT2D eigenvalue weighted by Gasteiger charge is 2.37. The Labute approximate surface area is 216 Å². The van der Waals surface area contributed by atoms with E-state index >= 15 is 0 Å². The molecule has 1 fully saturated rings. The van der Waals surface area contributed by atoms with E-state index in [-0.39, 0.29) is 37.9 Å². The highest BCUT2D eigenvalue weighted by Crippen LogP contribution is 2.34. The van der Waals surface area contributed by atoms with Crippen LogP contribution in [0, 0.1) is 17.7 Å². The largest absolute Gasteiger partial charge is 0.417 e. The normalized spacial score (nSPS) is 16.1. The summed E-state index contributed by atoms with van der Waals surface area (Å²) in [4.78, 5) is 25.9. The van der Waals surface area contributed by atoms with E-state index in [9.17, 15) is 35.6 Å². The number of rotatable bonds is 12. The van der Waals surface area contributed by atoms with Crippen molar-refractivity contribution in [3.63, 3.8) is 0 Å². The molecule has 2 amide bonds. The Balaban J connectivity index is 2.06. The van der Waals surface area contributed by atoms with Gasteiger partial charge in [-0.1, -0.05) is 46.0 Å². The number of carbonyl (C=O) groups excluding carboxylic acids is 2. The minimum absolute atomic E-state index is 0.0307. The minimum atomic E-state index is -5.08. The smallest absolute Gasteiger partial charge is 0.320 e. The third kappa shape index (κ3) is 9.64. The van der Waals surface area contributed by atoms with E-state index in [0.717, 1.165) is 30.6 Å². The molecule has 1 saturated carbocycles. The van der Waals surface area contributed by atoms with Gasteiger partial charge in [0.15, 0.2) is 0 Å². The molecule has 12 heteroatoms. The van der Waals surface area contributed by atoms with Gasteiger partial charge in [0.2, 0.25) is 21.8 Å². The second-order valence-corrected chi connectivity index (χ2v) is 11.8. The second-order valence-electron chi connectivity index (χ2n) is 10.1. The fourth-order valence-electron chi connectivity index (χ4n) is 4.58. The first-order chi connectivity index (χ1) is 17.2. The van der Waals surface area contributed by atoms with Crippen molar-refractivity contribution in [2.24, 2.45) is 17.6 Å². The quantitative estimate of drug-likeness (QED) is 0.292. The van der Waals surface area contributed by atoms with Crippen LogP contribution < -0.4 is 10.5 Å². The van der Waals surface area contributed by atoms with E-state index < -0.39 is 50.3 Å². The topological polar surface area (TPSA) is 110 Å². The Morgan fingerprint density at radius 1 is 1.16 bits per heavy atom. The maximum atomic E-state index is 13.3. The maximum Gasteiger partial charge on any atom is 0.417 e. The number of hydrogen-bond acceptors (Lipinski definition) is 5. The molecule has 0 unspecified atom stereocenters. The summed E-state index contributed by atoms with van der Waals surface area (Å²) in [5.41, 5.74) is 4.41. The minimum Gasteiger partial charge on any atom is -0.320 e. The van der Waals surface area contributed by atoms with Gasteiger partial charge in [-0.3, -0.25) is 14.5 Å². The van der Waals surface area contributed by atoms with Crippen molar-refractivity contribution in [1.82, 2.24) is 9.62 Å². The van der Waals surface area contributed by atoms with Gasteiger partial charge in [-0.15, -0.1) is 0 Å². The van der Waals surface area contributed by atoms with E-state index in [0.29, 0.717) is 30.9 Å². The molecule has 7 nitrogen and oxygen atoms in total. The fraction of sp³-hybridized carbons (Fsp3) is 0.680. The SMILES string of the molecule is CC(C)C[C@H](N)C(=O)N(CCCNS(=O)(=O)c1ccc(F)cc1C(F)(F)F)C(=O)CCC1CCCCC1. The molecule has 2 rings (SSSR count). The molecular formula is C25H37F4N3O4S. The van der Waals surface area contributed by atoms with Gasteiger partial charge in [-0.2, -0.15) is 13.2 Å². The number of benzene rings is 1. The number of amides is 2. The second kappa shape index (κ2) is 13.7. The highest BCUT2D eigenvalue weighted by atomic mass is 32.2. The van der Waals surface area contributed by atoms with Crippen molar-refractivity contribution in [2.75, 3.05) is 13.1 Å². The van der Waals surface area contributed by atoms with Crippen LogP contribution in [-0.4, -0.2) is 44.3 Å². The lowest BCUT2D eigenvalue weighted by Gasteiger charge is -2.26. The van der Waals surface area contributed by atoms with E-state index in [1.807, 2.05) is 13.8 Å². The zero-order valence-electron chi connectivity index (χ0n) is 21.3. The maximum absolute atomic E-state index is 13.3. The standard InChI is InChI=1S/C25H37F4N3O4S/c1-17(2)15-21(30)24(34)32(23(33)12-9-18-7-4-3-5-8-18)14-6-13-31-37(35,36)22-11-10-19(26)16-20(22)25(27,28)29/h10-11,16-18,21,31H,3-9,12-15,30H2,1-2H3/t21-/m0/s1. The van der Waals surface area contributed by atoms with Crippen LogP contribution in [0.3, 0.4) is 0 Å². The number of hydrogen-bond donors (Lipinski definition) is 2. The van der Waals surface area contributed by atoms with Crippen molar-refractivity contribution in [1.29, 1.82) is 0 Å². The molecule has 1 aliphatic carbocycles. The molecule has 0 heterocycles. The van der Waals surface area contributed by atoms with Gasteiger partial charge >= 0.3 is 6.18 Å². The van der Waals surface area contributed by atoms with Crippen LogP contribution >= 0.6 is 0 Å². The van der Waals surface area contributed by atoms with Crippen LogP contribution in [0.4, 0.5) is 17.6 Å². The lowest BCUT2D eigenvalue weighted by atomic mass is 9.86. The van der Waals surface area contributed by atoms with Crippen molar-refractivity contribution >= 4 is 21.8 Å². The number of halogens is 4. The number of nitrogens with one attached hydrogen (secondary N) is 1. The van der Waals surface area contributed by atoms with Crippen molar-refractivity contribution in [2.45, 2.75) is 88.7 Å². The molecule has 0 aromatic heterocycles. The van der Waals surface area contributed by atoms with Crippen molar-refractivity contribution < 1.29 is 35.6 Å². The monoisotopic (exact) mass is 551 g/mol. The molecule has 1 atom stereocenters. The highest BCUT2D eigenvalue weighted by molar-refractivity contribution is 7.89. The van der Waals surface area contributed by atoms with Gasteiger partial charge < -0.3 is 5.73 Å². The summed E-state index contributed by atoms with van der Waals surface area (Å²) in [5, 5.41) is 0. The summed E-state index contributed by atoms with van der Waals surface area (Å²) in [5.74, 6) is -1.63. The third-order valence-corrected chi connectivity index (χ3v) is 8.01. The van der Waals surface area contributed by atoms with Crippen LogP contribution in [0.5, 0.6) is 0 Å². The van der Waals surface area contributed by atoms with Crippen molar-refractivity contribution in [3.8, 4) is 0 Å². The summed E-state index contributed by atoms with van der Waals surface area (Å²) in [6.45, 7) is 3.31. The molecule has 0 spiro atoms. The first-order valence-corrected chi connectivity index (χ1v) is 14.2. The Morgan fingerprint density at radius 2 is 1.81 bits per heavy atom. The molecule has 1 aromatic carbocycles. The number of alkyl halides is 3. The number of sulfonamides is 1. The third-order valence-electron chi connectivity index (χ3n) is 6.49. The average molecular weight is 552 g/mol. The van der Waals surface area contributed by atoms with Crippen LogP contribution in [-0.2, 0) is 25.8 Å². The fourth-order valence-corrected chi connectivity index (χ4v) is 5.86. The van der Waals surface area contributed by atoms with Gasteiger partial charge in [0, 0.05) is 19.5 Å².